The van der Waals surface area contributed by atoms with Crippen LogP contribution in [0.5, 0.6) is 0 Å². The zero-order valence-corrected chi connectivity index (χ0v) is 16.2. The van der Waals surface area contributed by atoms with Gasteiger partial charge in [-0.2, -0.15) is 0 Å². The highest BCUT2D eigenvalue weighted by molar-refractivity contribution is 5.96. The van der Waals surface area contributed by atoms with Crippen LogP contribution in [0, 0.1) is 0 Å². The zero-order chi connectivity index (χ0) is 21.4. The molecular formula is C21H23N3O5. The van der Waals surface area contributed by atoms with Crippen molar-refractivity contribution in [3.63, 3.8) is 0 Å². The summed E-state index contributed by atoms with van der Waals surface area (Å²) in [6.07, 6.45) is -1.17. The lowest BCUT2D eigenvalue weighted by Gasteiger charge is -2.19. The number of ether oxygens (including phenoxy) is 1. The number of rotatable bonds is 8. The Morgan fingerprint density at radius 1 is 1.00 bits per heavy atom. The van der Waals surface area contributed by atoms with Crippen LogP contribution in [-0.2, 0) is 19.1 Å². The second kappa shape index (κ2) is 10.0. The van der Waals surface area contributed by atoms with E-state index in [1.807, 2.05) is 6.07 Å². The van der Waals surface area contributed by atoms with Crippen molar-refractivity contribution in [1.82, 2.24) is 5.32 Å². The van der Waals surface area contributed by atoms with Gasteiger partial charge in [-0.25, -0.2) is 0 Å². The minimum Gasteiger partial charge on any atom is -0.452 e. The highest BCUT2D eigenvalue weighted by Gasteiger charge is 2.22. The van der Waals surface area contributed by atoms with Crippen LogP contribution in [0.15, 0.2) is 54.6 Å². The molecule has 152 valence electrons. The third-order valence-corrected chi connectivity index (χ3v) is 4.06. The Morgan fingerprint density at radius 2 is 1.62 bits per heavy atom. The summed E-state index contributed by atoms with van der Waals surface area (Å²) in [7, 11) is 0. The van der Waals surface area contributed by atoms with Gasteiger partial charge in [0.2, 0.25) is 11.8 Å². The molecule has 0 aliphatic rings. The van der Waals surface area contributed by atoms with Gasteiger partial charge >= 0.3 is 5.97 Å². The van der Waals surface area contributed by atoms with Crippen molar-refractivity contribution < 1.29 is 23.9 Å². The molecular weight excluding hydrogens is 374 g/mol. The molecule has 2 aromatic carbocycles. The number of anilines is 1. The largest absolute Gasteiger partial charge is 0.452 e. The summed E-state index contributed by atoms with van der Waals surface area (Å²) in [5, 5.41) is 5.30. The van der Waals surface area contributed by atoms with Crippen molar-refractivity contribution in [3.8, 4) is 0 Å². The van der Waals surface area contributed by atoms with Crippen LogP contribution >= 0.6 is 0 Å². The molecule has 8 heteroatoms. The maximum atomic E-state index is 12.3. The standard InChI is InChI=1S/C21H23N3O5/c1-13(21(28)24-17-10-8-16(9-11-17)20(22)27)29-19(26)12-18(23-14(2)25)15-6-4-3-5-7-15/h3-11,13,18H,12H2,1-2H3,(H2,22,27)(H,23,25)(H,24,28)/t13-,18-/m1/s1. The van der Waals surface area contributed by atoms with E-state index in [1.54, 1.807) is 24.3 Å². The number of nitrogens with one attached hydrogen (secondary N) is 2. The third kappa shape index (κ3) is 6.76. The van der Waals surface area contributed by atoms with E-state index in [-0.39, 0.29) is 12.3 Å². The first-order chi connectivity index (χ1) is 13.8. The molecule has 0 radical (unpaired) electrons. The van der Waals surface area contributed by atoms with Crippen molar-refractivity contribution >= 4 is 29.4 Å². The van der Waals surface area contributed by atoms with Crippen LogP contribution in [0.4, 0.5) is 5.69 Å². The average molecular weight is 397 g/mol. The summed E-state index contributed by atoms with van der Waals surface area (Å²) >= 11 is 0. The molecule has 2 atom stereocenters. The van der Waals surface area contributed by atoms with Gasteiger partial charge in [0.15, 0.2) is 6.10 Å². The van der Waals surface area contributed by atoms with Gasteiger partial charge in [-0.3, -0.25) is 19.2 Å². The van der Waals surface area contributed by atoms with E-state index >= 15 is 0 Å². The van der Waals surface area contributed by atoms with Crippen LogP contribution in [-0.4, -0.2) is 29.8 Å². The van der Waals surface area contributed by atoms with Gasteiger partial charge in [0.1, 0.15) is 0 Å². The van der Waals surface area contributed by atoms with Crippen molar-refractivity contribution in [2.24, 2.45) is 5.73 Å². The summed E-state index contributed by atoms with van der Waals surface area (Å²) in [6, 6.07) is 14.5. The van der Waals surface area contributed by atoms with E-state index in [1.165, 1.54) is 38.1 Å². The number of primary amides is 1. The number of carbonyl (C=O) groups is 4. The monoisotopic (exact) mass is 397 g/mol. The Hall–Kier alpha value is -3.68. The smallest absolute Gasteiger partial charge is 0.309 e. The number of hydrogen-bond acceptors (Lipinski definition) is 5. The van der Waals surface area contributed by atoms with Gasteiger partial charge in [-0.05, 0) is 36.8 Å². The van der Waals surface area contributed by atoms with Crippen LogP contribution in [0.1, 0.15) is 42.2 Å². The molecule has 0 heterocycles. The molecule has 29 heavy (non-hydrogen) atoms. The zero-order valence-electron chi connectivity index (χ0n) is 16.2. The molecule has 0 aromatic heterocycles. The maximum Gasteiger partial charge on any atom is 0.309 e. The topological polar surface area (TPSA) is 128 Å². The van der Waals surface area contributed by atoms with E-state index in [0.29, 0.717) is 11.3 Å². The molecule has 8 nitrogen and oxygen atoms in total. The lowest BCUT2D eigenvalue weighted by molar-refractivity contribution is -0.153. The molecule has 0 saturated heterocycles. The van der Waals surface area contributed by atoms with Crippen molar-refractivity contribution in [1.29, 1.82) is 0 Å². The van der Waals surface area contributed by atoms with E-state index in [4.69, 9.17) is 10.5 Å². The number of nitrogens with two attached hydrogens (primary N) is 1. The fourth-order valence-electron chi connectivity index (χ4n) is 2.61. The van der Waals surface area contributed by atoms with E-state index in [2.05, 4.69) is 10.6 Å². The Morgan fingerprint density at radius 3 is 2.17 bits per heavy atom. The van der Waals surface area contributed by atoms with E-state index < -0.39 is 29.9 Å². The van der Waals surface area contributed by atoms with Crippen molar-refractivity contribution in [3.05, 3.63) is 65.7 Å². The molecule has 0 aliphatic heterocycles. The second-order valence-corrected chi connectivity index (χ2v) is 6.43. The van der Waals surface area contributed by atoms with Crippen LogP contribution in [0.3, 0.4) is 0 Å². The highest BCUT2D eigenvalue weighted by atomic mass is 16.5. The highest BCUT2D eigenvalue weighted by Crippen LogP contribution is 2.18. The first kappa shape index (κ1) is 21.6. The minimum absolute atomic E-state index is 0.117. The summed E-state index contributed by atoms with van der Waals surface area (Å²) in [5.41, 5.74) is 6.67. The minimum atomic E-state index is -1.05. The van der Waals surface area contributed by atoms with Gasteiger partial charge in [-0.15, -0.1) is 0 Å². The number of amides is 3. The molecule has 2 rings (SSSR count). The predicted octanol–water partition coefficient (Wildman–Crippen LogP) is 1.92. The first-order valence-corrected chi connectivity index (χ1v) is 8.98. The Bertz CT molecular complexity index is 881. The van der Waals surface area contributed by atoms with E-state index in [0.717, 1.165) is 5.56 Å². The average Bonchev–Trinajstić information content (AvgIpc) is 2.68. The van der Waals surface area contributed by atoms with Crippen molar-refractivity contribution in [2.75, 3.05) is 5.32 Å². The summed E-state index contributed by atoms with van der Waals surface area (Å²) in [4.78, 5) is 47.1. The molecule has 2 aromatic rings. The molecule has 0 fully saturated rings. The maximum absolute atomic E-state index is 12.3. The van der Waals surface area contributed by atoms with Gasteiger partial charge in [-0.1, -0.05) is 30.3 Å². The molecule has 0 saturated carbocycles. The quantitative estimate of drug-likeness (QED) is 0.587. The lowest BCUT2D eigenvalue weighted by Crippen LogP contribution is -2.33. The Labute approximate surface area is 168 Å². The van der Waals surface area contributed by atoms with Gasteiger partial charge in [0.05, 0.1) is 12.5 Å². The van der Waals surface area contributed by atoms with Crippen LogP contribution in [0.25, 0.3) is 0 Å². The third-order valence-electron chi connectivity index (χ3n) is 4.06. The summed E-state index contributed by atoms with van der Waals surface area (Å²) in [5.74, 6) is -2.01. The number of benzene rings is 2. The van der Waals surface area contributed by atoms with Gasteiger partial charge in [0, 0.05) is 18.2 Å². The molecule has 0 spiro atoms. The van der Waals surface area contributed by atoms with Crippen LogP contribution in [0.2, 0.25) is 0 Å². The number of hydrogen-bond donors (Lipinski definition) is 3. The number of carbonyl (C=O) groups excluding carboxylic acids is 4. The molecule has 4 N–H and O–H groups in total. The fourth-order valence-corrected chi connectivity index (χ4v) is 2.61. The SMILES string of the molecule is CC(=O)N[C@H](CC(=O)O[C@H](C)C(=O)Nc1ccc(C(N)=O)cc1)c1ccccc1. The molecule has 0 unspecified atom stereocenters. The number of esters is 1. The molecule has 0 aliphatic carbocycles. The Balaban J connectivity index is 1.94. The van der Waals surface area contributed by atoms with Crippen molar-refractivity contribution in [2.45, 2.75) is 32.4 Å². The second-order valence-electron chi connectivity index (χ2n) is 6.43. The predicted molar refractivity (Wildman–Crippen MR) is 107 cm³/mol. The molecule has 3 amide bonds. The van der Waals surface area contributed by atoms with Gasteiger partial charge < -0.3 is 21.1 Å². The Kier molecular flexibility index (Phi) is 7.47. The van der Waals surface area contributed by atoms with Gasteiger partial charge in [0.25, 0.3) is 5.91 Å². The van der Waals surface area contributed by atoms with Crippen LogP contribution < -0.4 is 16.4 Å². The summed E-state index contributed by atoms with van der Waals surface area (Å²) in [6.45, 7) is 2.81. The lowest BCUT2D eigenvalue weighted by atomic mass is 10.0. The molecule has 0 bridgehead atoms. The van der Waals surface area contributed by atoms with E-state index in [9.17, 15) is 19.2 Å². The fraction of sp³-hybridized carbons (Fsp3) is 0.238. The summed E-state index contributed by atoms with van der Waals surface area (Å²) < 4.78 is 5.20. The first-order valence-electron chi connectivity index (χ1n) is 8.98. The normalized spacial score (nSPS) is 12.3.